The minimum absolute atomic E-state index is 0.662. The van der Waals surface area contributed by atoms with Crippen molar-refractivity contribution in [2.75, 3.05) is 11.9 Å². The molecule has 4 nitrogen and oxygen atoms in total. The molecule has 0 unspecified atom stereocenters. The van der Waals surface area contributed by atoms with E-state index in [1.807, 2.05) is 0 Å². The van der Waals surface area contributed by atoms with Crippen molar-refractivity contribution in [3.63, 3.8) is 0 Å². The summed E-state index contributed by atoms with van der Waals surface area (Å²) >= 11 is 0. The summed E-state index contributed by atoms with van der Waals surface area (Å²) in [5.74, 6) is 1.36. The van der Waals surface area contributed by atoms with Gasteiger partial charge in [0.1, 0.15) is 0 Å². The van der Waals surface area contributed by atoms with E-state index in [1.165, 1.54) is 0 Å². The van der Waals surface area contributed by atoms with Crippen LogP contribution in [-0.4, -0.2) is 21.7 Å². The number of hydrogen-bond donors (Lipinski definition) is 1. The largest absolute Gasteiger partial charge is 0.353 e. The van der Waals surface area contributed by atoms with Crippen LogP contribution in [0.1, 0.15) is 45.5 Å². The summed E-state index contributed by atoms with van der Waals surface area (Å²) in [6.07, 6.45) is 2.94. The van der Waals surface area contributed by atoms with Crippen LogP contribution in [0.25, 0.3) is 0 Å². The topological polar surface area (TPSA) is 50.7 Å². The second kappa shape index (κ2) is 6.40. The zero-order valence-electron chi connectivity index (χ0n) is 10.7. The number of nitrogens with one attached hydrogen (secondary N) is 1. The minimum Gasteiger partial charge on any atom is -0.353 e. The molecule has 0 amide bonds. The molecule has 16 heavy (non-hydrogen) atoms. The summed E-state index contributed by atoms with van der Waals surface area (Å²) in [5.41, 5.74) is 2.07. The third-order valence-corrected chi connectivity index (χ3v) is 2.51. The van der Waals surface area contributed by atoms with Gasteiger partial charge in [-0.3, -0.25) is 0 Å². The van der Waals surface area contributed by atoms with E-state index in [9.17, 15) is 0 Å². The molecule has 0 spiro atoms. The van der Waals surface area contributed by atoms with Crippen LogP contribution in [0.2, 0.25) is 0 Å². The molecule has 1 aromatic heterocycles. The van der Waals surface area contributed by atoms with E-state index in [0.717, 1.165) is 37.2 Å². The summed E-state index contributed by atoms with van der Waals surface area (Å²) in [5, 5.41) is 11.5. The predicted octanol–water partition coefficient (Wildman–Crippen LogP) is 2.45. The smallest absolute Gasteiger partial charge is 0.242 e. The molecule has 0 aromatic carbocycles. The highest BCUT2D eigenvalue weighted by molar-refractivity contribution is 5.25. The molecule has 0 aliphatic rings. The second-order valence-electron chi connectivity index (χ2n) is 4.35. The number of aromatic nitrogens is 3. The van der Waals surface area contributed by atoms with E-state index in [4.69, 9.17) is 0 Å². The molecule has 0 bridgehead atoms. The summed E-state index contributed by atoms with van der Waals surface area (Å²) in [4.78, 5) is 4.47. The number of aryl methyl sites for hydroxylation is 2. The van der Waals surface area contributed by atoms with Crippen LogP contribution < -0.4 is 5.32 Å². The van der Waals surface area contributed by atoms with Crippen LogP contribution in [0, 0.1) is 5.92 Å². The van der Waals surface area contributed by atoms with Gasteiger partial charge in [0, 0.05) is 6.54 Å². The average molecular weight is 222 g/mol. The lowest BCUT2D eigenvalue weighted by molar-refractivity contribution is 0.605. The van der Waals surface area contributed by atoms with Crippen molar-refractivity contribution >= 4 is 5.95 Å². The molecule has 0 fully saturated rings. The maximum Gasteiger partial charge on any atom is 0.242 e. The van der Waals surface area contributed by atoms with Gasteiger partial charge >= 0.3 is 0 Å². The van der Waals surface area contributed by atoms with Crippen LogP contribution in [0.3, 0.4) is 0 Å². The average Bonchev–Trinajstić information content (AvgIpc) is 2.28. The first-order chi connectivity index (χ1) is 7.67. The fourth-order valence-electron chi connectivity index (χ4n) is 1.49. The third kappa shape index (κ3) is 3.76. The lowest BCUT2D eigenvalue weighted by atomic mass is 10.1. The van der Waals surface area contributed by atoms with Crippen molar-refractivity contribution in [1.29, 1.82) is 0 Å². The zero-order chi connectivity index (χ0) is 12.0. The SMILES string of the molecule is CCc1nnc(NCCC(C)C)nc1CC. The first-order valence-electron chi connectivity index (χ1n) is 6.13. The van der Waals surface area contributed by atoms with E-state index in [2.05, 4.69) is 48.2 Å². The summed E-state index contributed by atoms with van der Waals surface area (Å²) in [6, 6.07) is 0. The highest BCUT2D eigenvalue weighted by Gasteiger charge is 2.05. The van der Waals surface area contributed by atoms with Crippen molar-refractivity contribution in [2.45, 2.75) is 47.0 Å². The standard InChI is InChI=1S/C12H22N4/c1-5-10-11(6-2)15-16-12(14-10)13-8-7-9(3)4/h9H,5-8H2,1-4H3,(H,13,14,16). The Kier molecular flexibility index (Phi) is 5.15. The van der Waals surface area contributed by atoms with Gasteiger partial charge < -0.3 is 5.32 Å². The second-order valence-corrected chi connectivity index (χ2v) is 4.35. The molecule has 0 saturated heterocycles. The van der Waals surface area contributed by atoms with Gasteiger partial charge in [0.15, 0.2) is 0 Å². The highest BCUT2D eigenvalue weighted by atomic mass is 15.2. The van der Waals surface area contributed by atoms with Crippen LogP contribution in [0.4, 0.5) is 5.95 Å². The molecule has 0 aliphatic carbocycles. The Morgan fingerprint density at radius 1 is 1.06 bits per heavy atom. The van der Waals surface area contributed by atoms with Gasteiger partial charge in [-0.15, -0.1) is 5.10 Å². The van der Waals surface area contributed by atoms with Crippen LogP contribution in [-0.2, 0) is 12.8 Å². The first-order valence-corrected chi connectivity index (χ1v) is 6.13. The van der Waals surface area contributed by atoms with Crippen molar-refractivity contribution in [1.82, 2.24) is 15.2 Å². The molecule has 4 heteroatoms. The summed E-state index contributed by atoms with van der Waals surface area (Å²) in [7, 11) is 0. The fraction of sp³-hybridized carbons (Fsp3) is 0.750. The van der Waals surface area contributed by atoms with Gasteiger partial charge in [-0.2, -0.15) is 5.10 Å². The Bertz CT molecular complexity index is 323. The molecule has 1 N–H and O–H groups in total. The lowest BCUT2D eigenvalue weighted by Crippen LogP contribution is -2.11. The molecule has 1 heterocycles. The van der Waals surface area contributed by atoms with E-state index >= 15 is 0 Å². The Hall–Kier alpha value is -1.19. The number of anilines is 1. The minimum atomic E-state index is 0.662. The van der Waals surface area contributed by atoms with E-state index in [-0.39, 0.29) is 0 Å². The van der Waals surface area contributed by atoms with Crippen LogP contribution in [0.5, 0.6) is 0 Å². The van der Waals surface area contributed by atoms with Gasteiger partial charge in [0.25, 0.3) is 0 Å². The third-order valence-electron chi connectivity index (χ3n) is 2.51. The van der Waals surface area contributed by atoms with E-state index < -0.39 is 0 Å². The summed E-state index contributed by atoms with van der Waals surface area (Å²) in [6.45, 7) is 9.50. The Balaban J connectivity index is 2.60. The van der Waals surface area contributed by atoms with E-state index in [0.29, 0.717) is 11.9 Å². The quantitative estimate of drug-likeness (QED) is 0.803. The predicted molar refractivity (Wildman–Crippen MR) is 66.5 cm³/mol. The molecule has 1 aromatic rings. The lowest BCUT2D eigenvalue weighted by Gasteiger charge is -2.08. The maximum absolute atomic E-state index is 4.47. The molecule has 90 valence electrons. The van der Waals surface area contributed by atoms with Gasteiger partial charge in [-0.05, 0) is 25.2 Å². The molecule has 0 saturated carbocycles. The molecule has 0 atom stereocenters. The number of hydrogen-bond acceptors (Lipinski definition) is 4. The molecular weight excluding hydrogens is 200 g/mol. The van der Waals surface area contributed by atoms with E-state index in [1.54, 1.807) is 0 Å². The normalized spacial score (nSPS) is 10.8. The highest BCUT2D eigenvalue weighted by Crippen LogP contribution is 2.07. The maximum atomic E-state index is 4.47. The fourth-order valence-corrected chi connectivity index (χ4v) is 1.49. The molecule has 1 rings (SSSR count). The van der Waals surface area contributed by atoms with Gasteiger partial charge in [0.2, 0.25) is 5.95 Å². The monoisotopic (exact) mass is 222 g/mol. The van der Waals surface area contributed by atoms with Gasteiger partial charge in [0.05, 0.1) is 11.4 Å². The first kappa shape index (κ1) is 12.9. The Morgan fingerprint density at radius 2 is 1.75 bits per heavy atom. The Morgan fingerprint density at radius 3 is 2.31 bits per heavy atom. The molecule has 0 aliphatic heterocycles. The van der Waals surface area contributed by atoms with Crippen LogP contribution in [0.15, 0.2) is 0 Å². The number of rotatable bonds is 6. The van der Waals surface area contributed by atoms with Crippen molar-refractivity contribution in [2.24, 2.45) is 5.92 Å². The number of nitrogens with zero attached hydrogens (tertiary/aromatic N) is 3. The van der Waals surface area contributed by atoms with Crippen molar-refractivity contribution in [3.05, 3.63) is 11.4 Å². The van der Waals surface area contributed by atoms with Crippen LogP contribution >= 0.6 is 0 Å². The zero-order valence-corrected chi connectivity index (χ0v) is 10.7. The van der Waals surface area contributed by atoms with Gasteiger partial charge in [-0.25, -0.2) is 4.98 Å². The molecule has 0 radical (unpaired) electrons. The van der Waals surface area contributed by atoms with Gasteiger partial charge in [-0.1, -0.05) is 27.7 Å². The van der Waals surface area contributed by atoms with Crippen molar-refractivity contribution in [3.8, 4) is 0 Å². The Labute approximate surface area is 97.9 Å². The summed E-state index contributed by atoms with van der Waals surface area (Å²) < 4.78 is 0. The van der Waals surface area contributed by atoms with Crippen molar-refractivity contribution < 1.29 is 0 Å². The molecular formula is C12H22N4.